The van der Waals surface area contributed by atoms with Crippen molar-refractivity contribution in [2.75, 3.05) is 18.8 Å². The maximum Gasteiger partial charge on any atom is 0.140 e. The summed E-state index contributed by atoms with van der Waals surface area (Å²) < 4.78 is 1.88. The van der Waals surface area contributed by atoms with Crippen LogP contribution in [0.3, 0.4) is 0 Å². The number of piperidine rings is 1. The van der Waals surface area contributed by atoms with Crippen molar-refractivity contribution in [3.63, 3.8) is 0 Å². The van der Waals surface area contributed by atoms with E-state index in [0.717, 1.165) is 32.5 Å². The first kappa shape index (κ1) is 13.5. The normalized spacial score (nSPS) is 17.4. The van der Waals surface area contributed by atoms with Crippen molar-refractivity contribution in [3.05, 3.63) is 47.1 Å². The molecule has 0 unspecified atom stereocenters. The van der Waals surface area contributed by atoms with Gasteiger partial charge in [-0.1, -0.05) is 41.9 Å². The lowest BCUT2D eigenvalue weighted by atomic mass is 10.0. The molecule has 2 aromatic rings. The third-order valence-corrected chi connectivity index (χ3v) is 4.23. The second-order valence-corrected chi connectivity index (χ2v) is 5.72. The molecule has 106 valence electrons. The number of anilines is 1. The molecule has 1 fully saturated rings. The molecule has 1 aliphatic heterocycles. The molecule has 2 heterocycles. The molecule has 1 aromatic heterocycles. The molecule has 0 radical (unpaired) electrons. The van der Waals surface area contributed by atoms with Gasteiger partial charge < -0.3 is 5.73 Å². The van der Waals surface area contributed by atoms with Gasteiger partial charge in [0.1, 0.15) is 10.8 Å². The van der Waals surface area contributed by atoms with Crippen LogP contribution in [0.4, 0.5) is 5.82 Å². The highest BCUT2D eigenvalue weighted by atomic mass is 35.5. The zero-order chi connectivity index (χ0) is 13.9. The number of hydrogen-bond acceptors (Lipinski definition) is 3. The summed E-state index contributed by atoms with van der Waals surface area (Å²) in [6.45, 7) is 3.15. The Hall–Kier alpha value is -1.52. The van der Waals surface area contributed by atoms with Crippen molar-refractivity contribution in [1.82, 2.24) is 14.7 Å². The predicted octanol–water partition coefficient (Wildman–Crippen LogP) is 2.96. The second-order valence-electron chi connectivity index (χ2n) is 5.32. The van der Waals surface area contributed by atoms with E-state index < -0.39 is 0 Å². The van der Waals surface area contributed by atoms with E-state index in [2.05, 4.69) is 40.3 Å². The van der Waals surface area contributed by atoms with Crippen LogP contribution in [-0.2, 0) is 6.54 Å². The van der Waals surface area contributed by atoms with Crippen LogP contribution >= 0.6 is 11.6 Å². The average Bonchev–Trinajstić information content (AvgIpc) is 2.81. The first-order chi connectivity index (χ1) is 9.74. The van der Waals surface area contributed by atoms with E-state index >= 15 is 0 Å². The SMILES string of the molecule is Nc1c(Cl)cnn1C1CCN(Cc2ccccc2)CC1. The molecule has 0 amide bonds. The Morgan fingerprint density at radius 3 is 2.50 bits per heavy atom. The highest BCUT2D eigenvalue weighted by molar-refractivity contribution is 6.32. The molecule has 20 heavy (non-hydrogen) atoms. The summed E-state index contributed by atoms with van der Waals surface area (Å²) in [6.07, 6.45) is 3.76. The van der Waals surface area contributed by atoms with E-state index in [0.29, 0.717) is 16.9 Å². The lowest BCUT2D eigenvalue weighted by Gasteiger charge is -2.32. The van der Waals surface area contributed by atoms with E-state index in [9.17, 15) is 0 Å². The molecule has 0 aliphatic carbocycles. The van der Waals surface area contributed by atoms with Gasteiger partial charge in [0, 0.05) is 19.6 Å². The van der Waals surface area contributed by atoms with Gasteiger partial charge in [-0.3, -0.25) is 4.90 Å². The molecule has 2 N–H and O–H groups in total. The molecule has 0 spiro atoms. The van der Waals surface area contributed by atoms with Crippen LogP contribution in [-0.4, -0.2) is 27.8 Å². The smallest absolute Gasteiger partial charge is 0.140 e. The molecule has 3 rings (SSSR count). The molecule has 0 atom stereocenters. The quantitative estimate of drug-likeness (QED) is 0.945. The van der Waals surface area contributed by atoms with Gasteiger partial charge >= 0.3 is 0 Å². The lowest BCUT2D eigenvalue weighted by molar-refractivity contribution is 0.174. The highest BCUT2D eigenvalue weighted by Crippen LogP contribution is 2.28. The number of nitrogen functional groups attached to an aromatic ring is 1. The molecule has 1 aliphatic rings. The van der Waals surface area contributed by atoms with Gasteiger partial charge in [-0.15, -0.1) is 0 Å². The Morgan fingerprint density at radius 1 is 1.20 bits per heavy atom. The molecular formula is C15H19ClN4. The van der Waals surface area contributed by atoms with Gasteiger partial charge in [-0.25, -0.2) is 4.68 Å². The zero-order valence-corrected chi connectivity index (χ0v) is 12.1. The third-order valence-electron chi connectivity index (χ3n) is 3.94. The summed E-state index contributed by atoms with van der Waals surface area (Å²) in [7, 11) is 0. The number of likely N-dealkylation sites (tertiary alicyclic amines) is 1. The first-order valence-corrected chi connectivity index (χ1v) is 7.36. The summed E-state index contributed by atoms with van der Waals surface area (Å²) in [5.41, 5.74) is 7.31. The van der Waals surface area contributed by atoms with Crippen LogP contribution in [0.2, 0.25) is 5.02 Å². The molecule has 5 heteroatoms. The molecule has 0 bridgehead atoms. The van der Waals surface area contributed by atoms with Gasteiger partial charge in [-0.2, -0.15) is 5.10 Å². The molecule has 0 saturated carbocycles. The van der Waals surface area contributed by atoms with Crippen molar-refractivity contribution < 1.29 is 0 Å². The van der Waals surface area contributed by atoms with Gasteiger partial charge in [0.2, 0.25) is 0 Å². The fraction of sp³-hybridized carbons (Fsp3) is 0.400. The topological polar surface area (TPSA) is 47.1 Å². The maximum absolute atomic E-state index is 5.97. The van der Waals surface area contributed by atoms with Crippen LogP contribution in [0.5, 0.6) is 0 Å². The molecule has 1 aromatic carbocycles. The van der Waals surface area contributed by atoms with E-state index in [1.807, 2.05) is 4.68 Å². The number of benzene rings is 1. The zero-order valence-electron chi connectivity index (χ0n) is 11.4. The van der Waals surface area contributed by atoms with Crippen molar-refractivity contribution in [3.8, 4) is 0 Å². The first-order valence-electron chi connectivity index (χ1n) is 6.99. The van der Waals surface area contributed by atoms with Crippen molar-refractivity contribution in [2.24, 2.45) is 0 Å². The summed E-state index contributed by atoms with van der Waals surface area (Å²) in [4.78, 5) is 2.48. The number of halogens is 1. The molecule has 4 nitrogen and oxygen atoms in total. The molecular weight excluding hydrogens is 272 g/mol. The van der Waals surface area contributed by atoms with E-state index in [4.69, 9.17) is 17.3 Å². The third kappa shape index (κ3) is 2.81. The van der Waals surface area contributed by atoms with E-state index in [-0.39, 0.29) is 0 Å². The highest BCUT2D eigenvalue weighted by Gasteiger charge is 2.23. The van der Waals surface area contributed by atoms with Crippen LogP contribution in [0.1, 0.15) is 24.4 Å². The number of hydrogen-bond donors (Lipinski definition) is 1. The van der Waals surface area contributed by atoms with E-state index in [1.54, 1.807) is 6.20 Å². The summed E-state index contributed by atoms with van der Waals surface area (Å²) in [5, 5.41) is 4.84. The number of aromatic nitrogens is 2. The Morgan fingerprint density at radius 2 is 1.90 bits per heavy atom. The summed E-state index contributed by atoms with van der Waals surface area (Å²) in [5.74, 6) is 0.591. The Labute approximate surface area is 124 Å². The van der Waals surface area contributed by atoms with Gasteiger partial charge in [0.05, 0.1) is 12.2 Å². The van der Waals surface area contributed by atoms with Gasteiger partial charge in [0.15, 0.2) is 0 Å². The van der Waals surface area contributed by atoms with Crippen molar-refractivity contribution in [2.45, 2.75) is 25.4 Å². The van der Waals surface area contributed by atoms with Crippen molar-refractivity contribution in [1.29, 1.82) is 0 Å². The fourth-order valence-electron chi connectivity index (χ4n) is 2.81. The largest absolute Gasteiger partial charge is 0.383 e. The predicted molar refractivity (Wildman–Crippen MR) is 81.6 cm³/mol. The van der Waals surface area contributed by atoms with Crippen LogP contribution in [0.15, 0.2) is 36.5 Å². The standard InChI is InChI=1S/C15H19ClN4/c16-14-10-18-20(15(14)17)13-6-8-19(9-7-13)11-12-4-2-1-3-5-12/h1-5,10,13H,6-9,11,17H2. The number of nitrogens with two attached hydrogens (primary N) is 1. The average molecular weight is 291 g/mol. The van der Waals surface area contributed by atoms with E-state index in [1.165, 1.54) is 5.56 Å². The Bertz CT molecular complexity index is 559. The van der Waals surface area contributed by atoms with Crippen LogP contribution in [0, 0.1) is 0 Å². The van der Waals surface area contributed by atoms with Crippen molar-refractivity contribution >= 4 is 17.4 Å². The molecule has 1 saturated heterocycles. The fourth-order valence-corrected chi connectivity index (χ4v) is 2.94. The lowest BCUT2D eigenvalue weighted by Crippen LogP contribution is -2.34. The van der Waals surface area contributed by atoms with Gasteiger partial charge in [0.25, 0.3) is 0 Å². The minimum Gasteiger partial charge on any atom is -0.383 e. The van der Waals surface area contributed by atoms with Crippen LogP contribution < -0.4 is 5.73 Å². The number of rotatable bonds is 3. The maximum atomic E-state index is 5.97. The summed E-state index contributed by atoms with van der Waals surface area (Å²) >= 11 is 5.97. The minimum atomic E-state index is 0.370. The Kier molecular flexibility index (Phi) is 3.94. The second kappa shape index (κ2) is 5.85. The number of nitrogens with zero attached hydrogens (tertiary/aromatic N) is 3. The summed E-state index contributed by atoms with van der Waals surface area (Å²) in [6, 6.07) is 11.0. The monoisotopic (exact) mass is 290 g/mol. The van der Waals surface area contributed by atoms with Gasteiger partial charge in [-0.05, 0) is 18.4 Å². The van der Waals surface area contributed by atoms with Crippen LogP contribution in [0.25, 0.3) is 0 Å². The minimum absolute atomic E-state index is 0.370. The Balaban J connectivity index is 1.58.